The molecule has 1 N–H and O–H groups in total. The molecular weight excluding hydrogens is 380 g/mol. The van der Waals surface area contributed by atoms with Gasteiger partial charge >= 0.3 is 0 Å². The van der Waals surface area contributed by atoms with Gasteiger partial charge in [-0.05, 0) is 55.6 Å². The lowest BCUT2D eigenvalue weighted by Gasteiger charge is -2.10. The van der Waals surface area contributed by atoms with Gasteiger partial charge in [-0.25, -0.2) is 0 Å². The molecule has 0 aliphatic rings. The SMILES string of the molecule is COc1ccc(-n2c(C)nnc2SCC(=O)Nc2cccc(SC)c2)cc1. The summed E-state index contributed by atoms with van der Waals surface area (Å²) in [7, 11) is 1.63. The van der Waals surface area contributed by atoms with Crippen LogP contribution in [0, 0.1) is 6.92 Å². The predicted octanol–water partition coefficient (Wildman–Crippen LogP) is 4.04. The van der Waals surface area contributed by atoms with Crippen molar-refractivity contribution in [2.24, 2.45) is 0 Å². The topological polar surface area (TPSA) is 69.0 Å². The Hall–Kier alpha value is -2.45. The number of aromatic nitrogens is 3. The van der Waals surface area contributed by atoms with E-state index in [2.05, 4.69) is 15.5 Å². The first-order valence-electron chi connectivity index (χ1n) is 8.24. The van der Waals surface area contributed by atoms with Gasteiger partial charge in [-0.2, -0.15) is 0 Å². The Bertz CT molecular complexity index is 926. The fraction of sp³-hybridized carbons (Fsp3) is 0.211. The molecule has 0 radical (unpaired) electrons. The van der Waals surface area contributed by atoms with Crippen LogP contribution in [0.5, 0.6) is 5.75 Å². The average molecular weight is 401 g/mol. The molecule has 3 rings (SSSR count). The van der Waals surface area contributed by atoms with Crippen molar-refractivity contribution >= 4 is 35.1 Å². The van der Waals surface area contributed by atoms with Crippen LogP contribution < -0.4 is 10.1 Å². The fourth-order valence-electron chi connectivity index (χ4n) is 2.49. The van der Waals surface area contributed by atoms with Crippen LogP contribution in [-0.4, -0.2) is 39.8 Å². The summed E-state index contributed by atoms with van der Waals surface area (Å²) in [6.45, 7) is 1.88. The van der Waals surface area contributed by atoms with Crippen LogP contribution in [0.1, 0.15) is 5.82 Å². The minimum Gasteiger partial charge on any atom is -0.497 e. The lowest BCUT2D eigenvalue weighted by Crippen LogP contribution is -2.14. The molecule has 1 aromatic heterocycles. The molecule has 2 aromatic carbocycles. The summed E-state index contributed by atoms with van der Waals surface area (Å²) in [6, 6.07) is 15.4. The van der Waals surface area contributed by atoms with Crippen LogP contribution in [0.25, 0.3) is 5.69 Å². The Morgan fingerprint density at radius 3 is 2.67 bits per heavy atom. The van der Waals surface area contributed by atoms with Crippen LogP contribution in [0.3, 0.4) is 0 Å². The lowest BCUT2D eigenvalue weighted by molar-refractivity contribution is -0.113. The van der Waals surface area contributed by atoms with Gasteiger partial charge in [0.25, 0.3) is 0 Å². The van der Waals surface area contributed by atoms with E-state index in [0.29, 0.717) is 5.16 Å². The third-order valence-electron chi connectivity index (χ3n) is 3.81. The molecular formula is C19H20N4O2S2. The molecule has 0 saturated heterocycles. The van der Waals surface area contributed by atoms with E-state index in [9.17, 15) is 4.79 Å². The summed E-state index contributed by atoms with van der Waals surface area (Å²) in [5.41, 5.74) is 1.72. The number of methoxy groups -OCH3 is 1. The summed E-state index contributed by atoms with van der Waals surface area (Å²) in [6.07, 6.45) is 2.01. The number of hydrogen-bond donors (Lipinski definition) is 1. The highest BCUT2D eigenvalue weighted by Gasteiger charge is 2.13. The molecule has 0 spiro atoms. The normalized spacial score (nSPS) is 10.6. The number of amides is 1. The summed E-state index contributed by atoms with van der Waals surface area (Å²) >= 11 is 2.99. The van der Waals surface area contributed by atoms with Gasteiger partial charge in [-0.15, -0.1) is 22.0 Å². The van der Waals surface area contributed by atoms with Crippen LogP contribution in [0.4, 0.5) is 5.69 Å². The van der Waals surface area contributed by atoms with E-state index in [1.807, 2.05) is 66.3 Å². The van der Waals surface area contributed by atoms with E-state index in [-0.39, 0.29) is 11.7 Å². The Kier molecular flexibility index (Phi) is 6.41. The zero-order valence-corrected chi connectivity index (χ0v) is 16.9. The minimum atomic E-state index is -0.0832. The maximum absolute atomic E-state index is 12.3. The van der Waals surface area contributed by atoms with Crippen molar-refractivity contribution in [3.05, 3.63) is 54.4 Å². The zero-order valence-electron chi connectivity index (χ0n) is 15.3. The highest BCUT2D eigenvalue weighted by molar-refractivity contribution is 7.99. The lowest BCUT2D eigenvalue weighted by atomic mass is 10.3. The van der Waals surface area contributed by atoms with E-state index >= 15 is 0 Å². The van der Waals surface area contributed by atoms with Crippen molar-refractivity contribution in [2.45, 2.75) is 17.0 Å². The third kappa shape index (κ3) is 4.84. The van der Waals surface area contributed by atoms with Gasteiger partial charge in [0.1, 0.15) is 11.6 Å². The highest BCUT2D eigenvalue weighted by atomic mass is 32.2. The number of rotatable bonds is 7. The van der Waals surface area contributed by atoms with Gasteiger partial charge in [-0.1, -0.05) is 17.8 Å². The second-order valence-electron chi connectivity index (χ2n) is 5.63. The zero-order chi connectivity index (χ0) is 19.2. The first-order valence-corrected chi connectivity index (χ1v) is 10.4. The molecule has 0 bridgehead atoms. The maximum atomic E-state index is 12.3. The number of ether oxygens (including phenoxy) is 1. The summed E-state index contributed by atoms with van der Waals surface area (Å²) in [4.78, 5) is 13.4. The minimum absolute atomic E-state index is 0.0832. The van der Waals surface area contributed by atoms with Gasteiger partial charge in [0.05, 0.1) is 12.9 Å². The van der Waals surface area contributed by atoms with Crippen molar-refractivity contribution in [1.29, 1.82) is 0 Å². The van der Waals surface area contributed by atoms with Gasteiger partial charge in [0.2, 0.25) is 5.91 Å². The molecule has 0 saturated carbocycles. The van der Waals surface area contributed by atoms with Crippen molar-refractivity contribution in [3.63, 3.8) is 0 Å². The number of carbonyl (C=O) groups excluding carboxylic acids is 1. The third-order valence-corrected chi connectivity index (χ3v) is 5.47. The van der Waals surface area contributed by atoms with E-state index in [1.165, 1.54) is 11.8 Å². The number of carbonyl (C=O) groups is 1. The summed E-state index contributed by atoms with van der Waals surface area (Å²) in [5, 5.41) is 11.9. The van der Waals surface area contributed by atoms with Gasteiger partial charge in [0.15, 0.2) is 5.16 Å². The van der Waals surface area contributed by atoms with Crippen molar-refractivity contribution < 1.29 is 9.53 Å². The van der Waals surface area contributed by atoms with Crippen LogP contribution in [0.2, 0.25) is 0 Å². The van der Waals surface area contributed by atoms with E-state index < -0.39 is 0 Å². The molecule has 0 atom stereocenters. The molecule has 0 fully saturated rings. The molecule has 1 amide bonds. The Morgan fingerprint density at radius 1 is 1.19 bits per heavy atom. The molecule has 6 nitrogen and oxygen atoms in total. The number of thioether (sulfide) groups is 2. The largest absolute Gasteiger partial charge is 0.497 e. The summed E-state index contributed by atoms with van der Waals surface area (Å²) in [5.74, 6) is 1.71. The Balaban J connectivity index is 1.68. The Labute approximate surface area is 166 Å². The molecule has 140 valence electrons. The molecule has 0 aliphatic carbocycles. The number of nitrogens with one attached hydrogen (secondary N) is 1. The van der Waals surface area contributed by atoms with Crippen LogP contribution >= 0.6 is 23.5 Å². The molecule has 8 heteroatoms. The predicted molar refractivity (Wildman–Crippen MR) is 110 cm³/mol. The quantitative estimate of drug-likeness (QED) is 0.604. The molecule has 0 unspecified atom stereocenters. The summed E-state index contributed by atoms with van der Waals surface area (Å²) < 4.78 is 7.12. The van der Waals surface area contributed by atoms with Crippen molar-refractivity contribution in [3.8, 4) is 11.4 Å². The fourth-order valence-corrected chi connectivity index (χ4v) is 3.75. The molecule has 0 aliphatic heterocycles. The van der Waals surface area contributed by atoms with E-state index in [0.717, 1.165) is 27.8 Å². The van der Waals surface area contributed by atoms with Crippen molar-refractivity contribution in [2.75, 3.05) is 24.4 Å². The number of aryl methyl sites for hydroxylation is 1. The number of nitrogens with zero attached hydrogens (tertiary/aromatic N) is 3. The monoisotopic (exact) mass is 400 g/mol. The smallest absolute Gasteiger partial charge is 0.234 e. The van der Waals surface area contributed by atoms with Gasteiger partial charge < -0.3 is 10.1 Å². The Morgan fingerprint density at radius 2 is 1.96 bits per heavy atom. The first kappa shape index (κ1) is 19.3. The second kappa shape index (κ2) is 8.96. The number of hydrogen-bond acceptors (Lipinski definition) is 6. The molecule has 27 heavy (non-hydrogen) atoms. The van der Waals surface area contributed by atoms with Gasteiger partial charge in [0, 0.05) is 16.3 Å². The van der Waals surface area contributed by atoms with E-state index in [1.54, 1.807) is 18.9 Å². The molecule has 3 aromatic rings. The van der Waals surface area contributed by atoms with Crippen LogP contribution in [-0.2, 0) is 4.79 Å². The van der Waals surface area contributed by atoms with E-state index in [4.69, 9.17) is 4.74 Å². The highest BCUT2D eigenvalue weighted by Crippen LogP contribution is 2.24. The first-order chi connectivity index (χ1) is 13.1. The maximum Gasteiger partial charge on any atom is 0.234 e. The number of anilines is 1. The van der Waals surface area contributed by atoms with Crippen LogP contribution in [0.15, 0.2) is 58.6 Å². The standard InChI is InChI=1S/C19H20N4O2S2/c1-13-21-22-19(23(13)15-7-9-16(25-2)10-8-15)27-12-18(24)20-14-5-4-6-17(11-14)26-3/h4-11H,12H2,1-3H3,(H,20,24). The number of benzene rings is 2. The molecule has 1 heterocycles. The second-order valence-corrected chi connectivity index (χ2v) is 7.45. The van der Waals surface area contributed by atoms with Crippen molar-refractivity contribution in [1.82, 2.24) is 14.8 Å². The van der Waals surface area contributed by atoms with Gasteiger partial charge in [-0.3, -0.25) is 9.36 Å². The average Bonchev–Trinajstić information content (AvgIpc) is 3.07.